The molecule has 0 saturated heterocycles. The Labute approximate surface area is 119 Å². The smallest absolute Gasteiger partial charge is 0.240 e. The summed E-state index contributed by atoms with van der Waals surface area (Å²) in [5.74, 6) is 0.0584. The van der Waals surface area contributed by atoms with Gasteiger partial charge in [0.05, 0.1) is 10.4 Å². The Bertz CT molecular complexity index is 509. The molecule has 1 aromatic rings. The number of benzene rings is 1. The third-order valence-corrected chi connectivity index (χ3v) is 4.45. The summed E-state index contributed by atoms with van der Waals surface area (Å²) in [6.07, 6.45) is 2.58. The number of hydrogen-bond acceptors (Lipinski definition) is 2. The molecule has 0 aliphatic heterocycles. The molecular weight excluding hydrogens is 256 g/mol. The van der Waals surface area contributed by atoms with Gasteiger partial charge in [0.1, 0.15) is 0 Å². The Balaban J connectivity index is 2.35. The SMILES string of the molecule is CCN(C(=O)C1(C(N)=S)CCC1)c1ccccc1C. The van der Waals surface area contributed by atoms with Crippen LogP contribution in [0.1, 0.15) is 31.7 Å². The molecule has 3 nitrogen and oxygen atoms in total. The Kier molecular flexibility index (Phi) is 3.90. The standard InChI is InChI=1S/C15H20N2OS/c1-3-17(12-8-5-4-7-11(12)2)14(18)15(13(16)19)9-6-10-15/h4-5,7-8H,3,6,9-10H2,1-2H3,(H2,16,19). The summed E-state index contributed by atoms with van der Waals surface area (Å²) in [6, 6.07) is 7.92. The van der Waals surface area contributed by atoms with E-state index in [1.165, 1.54) is 0 Å². The molecule has 0 atom stereocenters. The predicted molar refractivity (Wildman–Crippen MR) is 82.3 cm³/mol. The minimum Gasteiger partial charge on any atom is -0.392 e. The van der Waals surface area contributed by atoms with Crippen LogP contribution in [0.5, 0.6) is 0 Å². The van der Waals surface area contributed by atoms with Crippen LogP contribution in [0.4, 0.5) is 5.69 Å². The number of thiocarbonyl (C=S) groups is 1. The van der Waals surface area contributed by atoms with Gasteiger partial charge in [-0.2, -0.15) is 0 Å². The lowest BCUT2D eigenvalue weighted by Gasteiger charge is -2.42. The van der Waals surface area contributed by atoms with E-state index in [9.17, 15) is 4.79 Å². The van der Waals surface area contributed by atoms with Gasteiger partial charge in [0, 0.05) is 12.2 Å². The second kappa shape index (κ2) is 5.29. The maximum absolute atomic E-state index is 12.8. The third kappa shape index (κ3) is 2.25. The highest BCUT2D eigenvalue weighted by atomic mass is 32.1. The molecule has 0 radical (unpaired) electrons. The first-order valence-corrected chi connectivity index (χ1v) is 7.11. The number of nitrogens with two attached hydrogens (primary N) is 1. The maximum Gasteiger partial charge on any atom is 0.240 e. The molecule has 0 heterocycles. The van der Waals surface area contributed by atoms with E-state index in [0.29, 0.717) is 11.5 Å². The number of para-hydroxylation sites is 1. The quantitative estimate of drug-likeness (QED) is 0.860. The average molecular weight is 276 g/mol. The van der Waals surface area contributed by atoms with E-state index in [-0.39, 0.29) is 5.91 Å². The lowest BCUT2D eigenvalue weighted by molar-refractivity contribution is -0.128. The van der Waals surface area contributed by atoms with Crippen molar-refractivity contribution in [3.63, 3.8) is 0 Å². The van der Waals surface area contributed by atoms with Crippen LogP contribution in [0.2, 0.25) is 0 Å². The van der Waals surface area contributed by atoms with Gasteiger partial charge in [-0.05, 0) is 38.3 Å². The van der Waals surface area contributed by atoms with Gasteiger partial charge in [-0.1, -0.05) is 36.8 Å². The van der Waals surface area contributed by atoms with Gasteiger partial charge in [-0.25, -0.2) is 0 Å². The Hall–Kier alpha value is -1.42. The molecule has 0 spiro atoms. The summed E-state index contributed by atoms with van der Waals surface area (Å²) in [4.78, 5) is 15.0. The number of rotatable bonds is 4. The summed E-state index contributed by atoms with van der Waals surface area (Å²) in [6.45, 7) is 4.63. The van der Waals surface area contributed by atoms with Crippen LogP contribution in [-0.2, 0) is 4.79 Å². The van der Waals surface area contributed by atoms with Crippen molar-refractivity contribution in [3.05, 3.63) is 29.8 Å². The summed E-state index contributed by atoms with van der Waals surface area (Å²) in [7, 11) is 0. The van der Waals surface area contributed by atoms with E-state index in [2.05, 4.69) is 0 Å². The molecule has 0 aromatic heterocycles. The fourth-order valence-electron chi connectivity index (χ4n) is 2.64. The number of carbonyl (C=O) groups excluding carboxylic acids is 1. The molecule has 1 saturated carbocycles. The van der Waals surface area contributed by atoms with Crippen LogP contribution in [0, 0.1) is 12.3 Å². The molecule has 19 heavy (non-hydrogen) atoms. The second-order valence-corrected chi connectivity index (χ2v) is 5.58. The molecule has 102 valence electrons. The first-order valence-electron chi connectivity index (χ1n) is 6.70. The zero-order chi connectivity index (χ0) is 14.0. The van der Waals surface area contributed by atoms with Crippen LogP contribution >= 0.6 is 12.2 Å². The lowest BCUT2D eigenvalue weighted by atomic mass is 9.67. The Morgan fingerprint density at radius 1 is 1.42 bits per heavy atom. The molecule has 1 aliphatic rings. The normalized spacial score (nSPS) is 16.5. The second-order valence-electron chi connectivity index (χ2n) is 5.14. The summed E-state index contributed by atoms with van der Waals surface area (Å²) in [5.41, 5.74) is 7.27. The van der Waals surface area contributed by atoms with Crippen molar-refractivity contribution in [3.8, 4) is 0 Å². The van der Waals surface area contributed by atoms with Crippen LogP contribution in [0.15, 0.2) is 24.3 Å². The highest BCUT2D eigenvalue weighted by Gasteiger charge is 2.49. The van der Waals surface area contributed by atoms with E-state index >= 15 is 0 Å². The van der Waals surface area contributed by atoms with Crippen LogP contribution < -0.4 is 10.6 Å². The third-order valence-electron chi connectivity index (χ3n) is 4.06. The van der Waals surface area contributed by atoms with Crippen molar-refractivity contribution in [1.82, 2.24) is 0 Å². The molecule has 4 heteroatoms. The van der Waals surface area contributed by atoms with E-state index in [0.717, 1.165) is 30.5 Å². The molecule has 1 fully saturated rings. The van der Waals surface area contributed by atoms with Crippen molar-refractivity contribution in [1.29, 1.82) is 0 Å². The van der Waals surface area contributed by atoms with Gasteiger partial charge in [-0.3, -0.25) is 4.79 Å². The zero-order valence-electron chi connectivity index (χ0n) is 11.5. The molecule has 1 aliphatic carbocycles. The van der Waals surface area contributed by atoms with Gasteiger partial charge >= 0.3 is 0 Å². The van der Waals surface area contributed by atoms with E-state index in [1.807, 2.05) is 43.0 Å². The molecule has 2 rings (SSSR count). The molecule has 2 N–H and O–H groups in total. The van der Waals surface area contributed by atoms with Gasteiger partial charge in [-0.15, -0.1) is 0 Å². The van der Waals surface area contributed by atoms with Crippen LogP contribution in [0.3, 0.4) is 0 Å². The van der Waals surface area contributed by atoms with Gasteiger partial charge in [0.2, 0.25) is 5.91 Å². The zero-order valence-corrected chi connectivity index (χ0v) is 12.3. The number of amides is 1. The first kappa shape index (κ1) is 14.0. The number of aryl methyl sites for hydroxylation is 1. The minimum absolute atomic E-state index is 0.0584. The van der Waals surface area contributed by atoms with E-state index in [4.69, 9.17) is 18.0 Å². The molecule has 0 bridgehead atoms. The number of nitrogens with zero attached hydrogens (tertiary/aromatic N) is 1. The average Bonchev–Trinajstić information content (AvgIpc) is 2.30. The van der Waals surface area contributed by atoms with Crippen molar-refractivity contribution in [2.24, 2.45) is 11.1 Å². The maximum atomic E-state index is 12.8. The van der Waals surface area contributed by atoms with Crippen LogP contribution in [-0.4, -0.2) is 17.4 Å². The van der Waals surface area contributed by atoms with Crippen LogP contribution in [0.25, 0.3) is 0 Å². The Morgan fingerprint density at radius 2 is 2.05 bits per heavy atom. The molecule has 0 unspecified atom stereocenters. The van der Waals surface area contributed by atoms with Gasteiger partial charge in [0.25, 0.3) is 0 Å². The molecule has 1 amide bonds. The largest absolute Gasteiger partial charge is 0.392 e. The minimum atomic E-state index is -0.604. The van der Waals surface area contributed by atoms with Gasteiger partial charge < -0.3 is 10.6 Å². The molecular formula is C15H20N2OS. The predicted octanol–water partition coefficient (Wildman–Crippen LogP) is 2.80. The number of anilines is 1. The van der Waals surface area contributed by atoms with Crippen molar-refractivity contribution < 1.29 is 4.79 Å². The fourth-order valence-corrected chi connectivity index (χ4v) is 2.94. The number of carbonyl (C=O) groups is 1. The fraction of sp³-hybridized carbons (Fsp3) is 0.467. The highest BCUT2D eigenvalue weighted by molar-refractivity contribution is 7.80. The van der Waals surface area contributed by atoms with Crippen molar-refractivity contribution in [2.75, 3.05) is 11.4 Å². The Morgan fingerprint density at radius 3 is 2.47 bits per heavy atom. The number of hydrogen-bond donors (Lipinski definition) is 1. The monoisotopic (exact) mass is 276 g/mol. The molecule has 1 aromatic carbocycles. The summed E-state index contributed by atoms with van der Waals surface area (Å²) < 4.78 is 0. The first-order chi connectivity index (χ1) is 9.03. The van der Waals surface area contributed by atoms with Crippen molar-refractivity contribution >= 4 is 28.8 Å². The van der Waals surface area contributed by atoms with Gasteiger partial charge in [0.15, 0.2) is 0 Å². The van der Waals surface area contributed by atoms with Crippen molar-refractivity contribution in [2.45, 2.75) is 33.1 Å². The summed E-state index contributed by atoms with van der Waals surface area (Å²) >= 11 is 5.14. The van der Waals surface area contributed by atoms with E-state index in [1.54, 1.807) is 0 Å². The highest BCUT2D eigenvalue weighted by Crippen LogP contribution is 2.43. The lowest BCUT2D eigenvalue weighted by Crippen LogP contribution is -2.54. The van der Waals surface area contributed by atoms with E-state index < -0.39 is 5.41 Å². The topological polar surface area (TPSA) is 46.3 Å². The summed E-state index contributed by atoms with van der Waals surface area (Å²) in [5, 5.41) is 0.